The Morgan fingerprint density at radius 3 is 2.58 bits per heavy atom. The Balaban J connectivity index is 1.93. The van der Waals surface area contributed by atoms with E-state index in [0.29, 0.717) is 35.3 Å². The van der Waals surface area contributed by atoms with Crippen molar-refractivity contribution in [3.05, 3.63) is 65.0 Å². The summed E-state index contributed by atoms with van der Waals surface area (Å²) < 4.78 is 16.4. The van der Waals surface area contributed by atoms with Crippen molar-refractivity contribution in [2.24, 2.45) is 0 Å². The average molecular weight is 352 g/mol. The molecule has 0 saturated carbocycles. The fourth-order valence-corrected chi connectivity index (χ4v) is 2.70. The standard InChI is InChI=1S/C21H20O5/c1-3-18(21(23)24-4-2)26-15-10-11-16-19(12-15)25-13-17(20(16)22)14-8-6-5-7-9-14/h5-13,18H,3-4H2,1-2H3. The lowest BCUT2D eigenvalue weighted by Crippen LogP contribution is -2.28. The maximum absolute atomic E-state index is 12.7. The van der Waals surface area contributed by atoms with E-state index in [4.69, 9.17) is 13.9 Å². The Bertz CT molecular complexity index is 959. The zero-order valence-electron chi connectivity index (χ0n) is 14.7. The first kappa shape index (κ1) is 17.7. The quantitative estimate of drug-likeness (QED) is 0.623. The molecule has 0 N–H and O–H groups in total. The van der Waals surface area contributed by atoms with Crippen LogP contribution in [0.5, 0.6) is 5.75 Å². The molecule has 5 nitrogen and oxygen atoms in total. The SMILES string of the molecule is CCOC(=O)C(CC)Oc1ccc2c(=O)c(-c3ccccc3)coc2c1. The van der Waals surface area contributed by atoms with Crippen molar-refractivity contribution < 1.29 is 18.7 Å². The Morgan fingerprint density at radius 1 is 1.12 bits per heavy atom. The molecule has 1 atom stereocenters. The number of hydrogen-bond donors (Lipinski definition) is 0. The fraction of sp³-hybridized carbons (Fsp3) is 0.238. The Labute approximate surface area is 151 Å². The summed E-state index contributed by atoms with van der Waals surface area (Å²) in [6, 6.07) is 14.3. The minimum absolute atomic E-state index is 0.110. The van der Waals surface area contributed by atoms with Gasteiger partial charge in [0.1, 0.15) is 17.6 Å². The van der Waals surface area contributed by atoms with Crippen molar-refractivity contribution in [1.82, 2.24) is 0 Å². The summed E-state index contributed by atoms with van der Waals surface area (Å²) in [6.07, 6.45) is 1.24. The topological polar surface area (TPSA) is 65.7 Å². The predicted octanol–water partition coefficient (Wildman–Crippen LogP) is 4.18. The second-order valence-electron chi connectivity index (χ2n) is 5.77. The Morgan fingerprint density at radius 2 is 1.88 bits per heavy atom. The molecule has 0 radical (unpaired) electrons. The van der Waals surface area contributed by atoms with Crippen LogP contribution in [0.3, 0.4) is 0 Å². The molecule has 3 rings (SSSR count). The van der Waals surface area contributed by atoms with Crippen molar-refractivity contribution in [3.63, 3.8) is 0 Å². The highest BCUT2D eigenvalue weighted by Crippen LogP contribution is 2.24. The van der Waals surface area contributed by atoms with Crippen molar-refractivity contribution in [2.45, 2.75) is 26.4 Å². The monoisotopic (exact) mass is 352 g/mol. The molecule has 0 aliphatic heterocycles. The average Bonchev–Trinajstić information content (AvgIpc) is 2.67. The molecule has 26 heavy (non-hydrogen) atoms. The third-order valence-corrected chi connectivity index (χ3v) is 4.03. The minimum Gasteiger partial charge on any atom is -0.479 e. The molecule has 0 spiro atoms. The van der Waals surface area contributed by atoms with E-state index in [-0.39, 0.29) is 5.43 Å². The van der Waals surface area contributed by atoms with Gasteiger partial charge in [-0.2, -0.15) is 0 Å². The molecular formula is C21H20O5. The van der Waals surface area contributed by atoms with Gasteiger partial charge in [0.15, 0.2) is 11.5 Å². The first-order valence-electron chi connectivity index (χ1n) is 8.58. The molecule has 2 aromatic carbocycles. The number of carbonyl (C=O) groups is 1. The third-order valence-electron chi connectivity index (χ3n) is 4.03. The maximum Gasteiger partial charge on any atom is 0.347 e. The van der Waals surface area contributed by atoms with Crippen LogP contribution in [0.25, 0.3) is 22.1 Å². The van der Waals surface area contributed by atoms with Crippen LogP contribution >= 0.6 is 0 Å². The highest BCUT2D eigenvalue weighted by molar-refractivity contribution is 5.83. The number of rotatable bonds is 6. The highest BCUT2D eigenvalue weighted by Gasteiger charge is 2.20. The third kappa shape index (κ3) is 3.61. The number of ether oxygens (including phenoxy) is 2. The van der Waals surface area contributed by atoms with E-state index in [0.717, 1.165) is 5.56 Å². The van der Waals surface area contributed by atoms with Crippen LogP contribution in [-0.2, 0) is 9.53 Å². The summed E-state index contributed by atoms with van der Waals surface area (Å²) >= 11 is 0. The van der Waals surface area contributed by atoms with Gasteiger partial charge in [-0.25, -0.2) is 4.79 Å². The molecule has 1 heterocycles. The van der Waals surface area contributed by atoms with Crippen molar-refractivity contribution in [2.75, 3.05) is 6.61 Å². The summed E-state index contributed by atoms with van der Waals surface area (Å²) in [4.78, 5) is 24.6. The van der Waals surface area contributed by atoms with E-state index < -0.39 is 12.1 Å². The molecular weight excluding hydrogens is 332 g/mol. The first-order valence-corrected chi connectivity index (χ1v) is 8.58. The molecule has 0 saturated heterocycles. The molecule has 1 aromatic heterocycles. The number of carbonyl (C=O) groups excluding carboxylic acids is 1. The lowest BCUT2D eigenvalue weighted by Gasteiger charge is -2.16. The van der Waals surface area contributed by atoms with Crippen molar-refractivity contribution in [3.8, 4) is 16.9 Å². The minimum atomic E-state index is -0.692. The number of esters is 1. The second-order valence-corrected chi connectivity index (χ2v) is 5.77. The Hall–Kier alpha value is -3.08. The van der Waals surface area contributed by atoms with Crippen molar-refractivity contribution >= 4 is 16.9 Å². The first-order chi connectivity index (χ1) is 12.6. The molecule has 0 aliphatic rings. The van der Waals surface area contributed by atoms with E-state index in [1.54, 1.807) is 25.1 Å². The molecule has 0 bridgehead atoms. The van der Waals surface area contributed by atoms with Gasteiger partial charge in [0, 0.05) is 6.07 Å². The van der Waals surface area contributed by atoms with Crippen LogP contribution in [-0.4, -0.2) is 18.7 Å². The summed E-state index contributed by atoms with van der Waals surface area (Å²) in [5.41, 5.74) is 1.61. The normalized spacial score (nSPS) is 11.9. The molecule has 3 aromatic rings. The van der Waals surface area contributed by atoms with E-state index in [9.17, 15) is 9.59 Å². The smallest absolute Gasteiger partial charge is 0.347 e. The van der Waals surface area contributed by atoms with Gasteiger partial charge in [-0.3, -0.25) is 4.79 Å². The Kier molecular flexibility index (Phi) is 5.37. The van der Waals surface area contributed by atoms with E-state index in [2.05, 4.69) is 0 Å². The molecule has 134 valence electrons. The zero-order valence-corrected chi connectivity index (χ0v) is 14.7. The van der Waals surface area contributed by atoms with Gasteiger partial charge in [0.05, 0.1) is 17.6 Å². The van der Waals surface area contributed by atoms with Gasteiger partial charge >= 0.3 is 5.97 Å². The molecule has 1 unspecified atom stereocenters. The van der Waals surface area contributed by atoms with Crippen LogP contribution in [0, 0.1) is 0 Å². The van der Waals surface area contributed by atoms with Gasteiger partial charge in [0.25, 0.3) is 0 Å². The largest absolute Gasteiger partial charge is 0.479 e. The van der Waals surface area contributed by atoms with Crippen LogP contribution in [0.4, 0.5) is 0 Å². The van der Waals surface area contributed by atoms with Gasteiger partial charge in [-0.1, -0.05) is 37.3 Å². The van der Waals surface area contributed by atoms with Gasteiger partial charge in [0.2, 0.25) is 0 Å². The fourth-order valence-electron chi connectivity index (χ4n) is 2.70. The van der Waals surface area contributed by atoms with Gasteiger partial charge < -0.3 is 13.9 Å². The number of hydrogen-bond acceptors (Lipinski definition) is 5. The molecule has 0 aliphatic carbocycles. The second kappa shape index (κ2) is 7.87. The lowest BCUT2D eigenvalue weighted by molar-refractivity contribution is -0.151. The van der Waals surface area contributed by atoms with Gasteiger partial charge in [-0.05, 0) is 31.0 Å². The summed E-state index contributed by atoms with van der Waals surface area (Å²) in [5.74, 6) is 0.0454. The zero-order chi connectivity index (χ0) is 18.5. The van der Waals surface area contributed by atoms with Crippen LogP contribution in [0.2, 0.25) is 0 Å². The van der Waals surface area contributed by atoms with Crippen LogP contribution < -0.4 is 10.2 Å². The maximum atomic E-state index is 12.7. The van der Waals surface area contributed by atoms with Crippen molar-refractivity contribution in [1.29, 1.82) is 0 Å². The molecule has 0 amide bonds. The lowest BCUT2D eigenvalue weighted by atomic mass is 10.1. The van der Waals surface area contributed by atoms with Crippen LogP contribution in [0.1, 0.15) is 20.3 Å². The molecule has 5 heteroatoms. The summed E-state index contributed by atoms with van der Waals surface area (Å²) in [5, 5.41) is 0.461. The predicted molar refractivity (Wildman–Crippen MR) is 99.3 cm³/mol. The number of fused-ring (bicyclic) bond motifs is 1. The van der Waals surface area contributed by atoms with Crippen LogP contribution in [0.15, 0.2) is 64.0 Å². The number of benzene rings is 2. The van der Waals surface area contributed by atoms with Gasteiger partial charge in [-0.15, -0.1) is 0 Å². The highest BCUT2D eigenvalue weighted by atomic mass is 16.6. The van der Waals surface area contributed by atoms with E-state index in [1.807, 2.05) is 37.3 Å². The summed E-state index contributed by atoms with van der Waals surface area (Å²) in [6.45, 7) is 3.89. The molecule has 0 fully saturated rings. The van der Waals surface area contributed by atoms with E-state index in [1.165, 1.54) is 6.26 Å². The summed E-state index contributed by atoms with van der Waals surface area (Å²) in [7, 11) is 0. The van der Waals surface area contributed by atoms with E-state index >= 15 is 0 Å².